The molecule has 0 bridgehead atoms. The Morgan fingerprint density at radius 3 is 2.15 bits per heavy atom. The molecule has 0 heterocycles. The lowest BCUT2D eigenvalue weighted by Crippen LogP contribution is -2.06. The molecular weight excluding hydrogens is 256 g/mol. The van der Waals surface area contributed by atoms with Crippen LogP contribution in [0.4, 0.5) is 0 Å². The molecule has 0 unspecified atom stereocenters. The zero-order valence-electron chi connectivity index (χ0n) is 11.7. The highest BCUT2D eigenvalue weighted by atomic mass is 16.5. The molecule has 0 saturated carbocycles. The highest BCUT2D eigenvalue weighted by Crippen LogP contribution is 2.07. The fourth-order valence-electron chi connectivity index (χ4n) is 1.85. The third-order valence-corrected chi connectivity index (χ3v) is 2.94. The summed E-state index contributed by atoms with van der Waals surface area (Å²) in [4.78, 5) is 21.4. The maximum Gasteiger partial charge on any atom is 0.417 e. The number of carbonyl (C=O) groups is 1. The number of unbranched alkanes of at least 4 members (excludes halogenated alkanes) is 5. The molecule has 0 fully saturated rings. The largest absolute Gasteiger partial charge is 0.462 e. The third kappa shape index (κ3) is 7.56. The molecule has 4 heteroatoms. The van der Waals surface area contributed by atoms with Crippen LogP contribution in [0.1, 0.15) is 48.9 Å². The minimum absolute atomic E-state index is 0.257. The highest BCUT2D eigenvalue weighted by molar-refractivity contribution is 5.89. The molecule has 1 radical (unpaired) electrons. The van der Waals surface area contributed by atoms with Crippen LogP contribution in [0, 0.1) is 0 Å². The summed E-state index contributed by atoms with van der Waals surface area (Å²) in [5.41, 5.74) is 0.597. The SMILES string of the molecule is O=[C]OCCCCCCCCOC(=O)c1ccccc1. The normalized spacial score (nSPS) is 10.0. The summed E-state index contributed by atoms with van der Waals surface area (Å²) in [6.45, 7) is 2.34. The lowest BCUT2D eigenvalue weighted by atomic mass is 10.1. The Morgan fingerprint density at radius 1 is 0.900 bits per heavy atom. The van der Waals surface area contributed by atoms with Crippen LogP contribution in [-0.4, -0.2) is 25.7 Å². The van der Waals surface area contributed by atoms with E-state index < -0.39 is 0 Å². The van der Waals surface area contributed by atoms with Gasteiger partial charge in [0.1, 0.15) is 0 Å². The van der Waals surface area contributed by atoms with Crippen LogP contribution in [0.25, 0.3) is 0 Å². The lowest BCUT2D eigenvalue weighted by molar-refractivity contribution is 0.0497. The van der Waals surface area contributed by atoms with Crippen LogP contribution in [0.3, 0.4) is 0 Å². The number of esters is 1. The van der Waals surface area contributed by atoms with Crippen LogP contribution in [0.5, 0.6) is 0 Å². The summed E-state index contributed by atoms with van der Waals surface area (Å²) in [5.74, 6) is -0.257. The van der Waals surface area contributed by atoms with Crippen molar-refractivity contribution in [3.05, 3.63) is 35.9 Å². The molecule has 1 aromatic rings. The van der Waals surface area contributed by atoms with Crippen molar-refractivity contribution in [3.63, 3.8) is 0 Å². The van der Waals surface area contributed by atoms with Crippen molar-refractivity contribution < 1.29 is 19.1 Å². The molecular formula is C16H21O4. The van der Waals surface area contributed by atoms with Crippen LogP contribution in [0.2, 0.25) is 0 Å². The molecule has 20 heavy (non-hydrogen) atoms. The topological polar surface area (TPSA) is 52.6 Å². The van der Waals surface area contributed by atoms with E-state index in [9.17, 15) is 9.59 Å². The van der Waals surface area contributed by atoms with Gasteiger partial charge in [0, 0.05) is 0 Å². The van der Waals surface area contributed by atoms with Gasteiger partial charge in [-0.05, 0) is 25.0 Å². The van der Waals surface area contributed by atoms with Gasteiger partial charge in [0.25, 0.3) is 0 Å². The average Bonchev–Trinajstić information content (AvgIpc) is 2.50. The van der Waals surface area contributed by atoms with E-state index in [0.717, 1.165) is 38.5 Å². The van der Waals surface area contributed by atoms with Crippen LogP contribution >= 0.6 is 0 Å². The van der Waals surface area contributed by atoms with Crippen molar-refractivity contribution in [1.29, 1.82) is 0 Å². The van der Waals surface area contributed by atoms with Gasteiger partial charge in [-0.2, -0.15) is 0 Å². The second-order valence-electron chi connectivity index (χ2n) is 4.56. The molecule has 0 aromatic heterocycles. The van der Waals surface area contributed by atoms with Crippen molar-refractivity contribution in [2.75, 3.05) is 13.2 Å². The van der Waals surface area contributed by atoms with Gasteiger partial charge >= 0.3 is 12.4 Å². The molecule has 0 atom stereocenters. The maximum absolute atomic E-state index is 11.6. The number of hydrogen-bond donors (Lipinski definition) is 0. The van der Waals surface area contributed by atoms with Crippen molar-refractivity contribution in [2.45, 2.75) is 38.5 Å². The zero-order chi connectivity index (χ0) is 14.5. The summed E-state index contributed by atoms with van der Waals surface area (Å²) in [7, 11) is 0. The van der Waals surface area contributed by atoms with Crippen molar-refractivity contribution in [1.82, 2.24) is 0 Å². The van der Waals surface area contributed by atoms with Crippen LogP contribution in [0.15, 0.2) is 30.3 Å². The highest BCUT2D eigenvalue weighted by Gasteiger charge is 2.04. The number of benzene rings is 1. The second kappa shape index (κ2) is 11.0. The van der Waals surface area contributed by atoms with E-state index in [1.165, 1.54) is 6.47 Å². The summed E-state index contributed by atoms with van der Waals surface area (Å²) >= 11 is 0. The minimum atomic E-state index is -0.257. The van der Waals surface area contributed by atoms with Crippen LogP contribution in [-0.2, 0) is 14.3 Å². The predicted molar refractivity (Wildman–Crippen MR) is 76.1 cm³/mol. The Labute approximate surface area is 120 Å². The Bertz CT molecular complexity index is 375. The average molecular weight is 277 g/mol. The molecule has 1 rings (SSSR count). The van der Waals surface area contributed by atoms with Crippen molar-refractivity contribution in [3.8, 4) is 0 Å². The minimum Gasteiger partial charge on any atom is -0.462 e. The first-order chi connectivity index (χ1) is 9.84. The van der Waals surface area contributed by atoms with Gasteiger partial charge in [-0.1, -0.05) is 43.9 Å². The predicted octanol–water partition coefficient (Wildman–Crippen LogP) is 3.27. The van der Waals surface area contributed by atoms with Gasteiger partial charge in [0.05, 0.1) is 18.8 Å². The van der Waals surface area contributed by atoms with Gasteiger partial charge in [0.15, 0.2) is 0 Å². The quantitative estimate of drug-likeness (QED) is 0.460. The number of carbonyl (C=O) groups excluding carboxylic acids is 2. The maximum atomic E-state index is 11.6. The summed E-state index contributed by atoms with van der Waals surface area (Å²) in [6.07, 6.45) is 6.08. The molecule has 0 aliphatic rings. The first-order valence-corrected chi connectivity index (χ1v) is 7.05. The zero-order valence-corrected chi connectivity index (χ0v) is 11.7. The van der Waals surface area contributed by atoms with Gasteiger partial charge < -0.3 is 9.47 Å². The van der Waals surface area contributed by atoms with E-state index >= 15 is 0 Å². The fourth-order valence-corrected chi connectivity index (χ4v) is 1.85. The van der Waals surface area contributed by atoms with E-state index in [2.05, 4.69) is 4.74 Å². The fraction of sp³-hybridized carbons (Fsp3) is 0.500. The molecule has 1 aromatic carbocycles. The summed E-state index contributed by atoms with van der Waals surface area (Å²) in [6, 6.07) is 9.02. The third-order valence-electron chi connectivity index (χ3n) is 2.94. The first-order valence-electron chi connectivity index (χ1n) is 7.05. The van der Waals surface area contributed by atoms with E-state index in [4.69, 9.17) is 4.74 Å². The Kier molecular flexibility index (Phi) is 8.94. The van der Waals surface area contributed by atoms with Crippen molar-refractivity contribution in [2.24, 2.45) is 0 Å². The van der Waals surface area contributed by atoms with Gasteiger partial charge in [-0.25, -0.2) is 9.59 Å². The van der Waals surface area contributed by atoms with Gasteiger partial charge in [-0.3, -0.25) is 0 Å². The standard InChI is InChI=1S/C16H21O4/c17-14-19-12-8-3-1-2-4-9-13-20-16(18)15-10-6-5-7-11-15/h5-7,10-11H,1-4,8-9,12-13H2. The van der Waals surface area contributed by atoms with E-state index in [1.54, 1.807) is 12.1 Å². The Balaban J connectivity index is 1.92. The molecule has 109 valence electrons. The molecule has 0 aliphatic carbocycles. The lowest BCUT2D eigenvalue weighted by Gasteiger charge is -2.04. The number of rotatable bonds is 11. The van der Waals surface area contributed by atoms with Crippen molar-refractivity contribution >= 4 is 12.4 Å². The number of ether oxygens (including phenoxy) is 2. The van der Waals surface area contributed by atoms with E-state index in [1.807, 2.05) is 18.2 Å². The molecule has 0 aliphatic heterocycles. The monoisotopic (exact) mass is 277 g/mol. The van der Waals surface area contributed by atoms with Gasteiger partial charge in [0.2, 0.25) is 0 Å². The molecule has 0 saturated heterocycles. The summed E-state index contributed by atoms with van der Waals surface area (Å²) in [5, 5.41) is 0. The molecule has 0 N–H and O–H groups in total. The summed E-state index contributed by atoms with van der Waals surface area (Å²) < 4.78 is 9.67. The Hall–Kier alpha value is -1.84. The smallest absolute Gasteiger partial charge is 0.417 e. The number of hydrogen-bond acceptors (Lipinski definition) is 4. The van der Waals surface area contributed by atoms with E-state index in [-0.39, 0.29) is 5.97 Å². The second-order valence-corrected chi connectivity index (χ2v) is 4.56. The van der Waals surface area contributed by atoms with E-state index in [0.29, 0.717) is 18.8 Å². The first kappa shape index (κ1) is 16.2. The van der Waals surface area contributed by atoms with Crippen LogP contribution < -0.4 is 0 Å². The molecule has 0 amide bonds. The molecule has 0 spiro atoms. The van der Waals surface area contributed by atoms with Gasteiger partial charge in [-0.15, -0.1) is 0 Å². The Morgan fingerprint density at radius 2 is 1.50 bits per heavy atom. The molecule has 4 nitrogen and oxygen atoms in total.